The number of ether oxygens (including phenoxy) is 1. The van der Waals surface area contributed by atoms with Gasteiger partial charge in [-0.3, -0.25) is 19.7 Å². The summed E-state index contributed by atoms with van der Waals surface area (Å²) in [5, 5.41) is 13.2. The van der Waals surface area contributed by atoms with Gasteiger partial charge in [-0.05, 0) is 36.4 Å². The van der Waals surface area contributed by atoms with Crippen LogP contribution in [-0.2, 0) is 9.59 Å². The Morgan fingerprint density at radius 3 is 2.24 bits per heavy atom. The summed E-state index contributed by atoms with van der Waals surface area (Å²) in [5.74, 6) is -0.0986. The second kappa shape index (κ2) is 7.91. The molecule has 0 radical (unpaired) electrons. The van der Waals surface area contributed by atoms with Crippen LogP contribution in [0.2, 0.25) is 0 Å². The third-order valence-electron chi connectivity index (χ3n) is 3.43. The van der Waals surface area contributed by atoms with Gasteiger partial charge in [0, 0.05) is 37.5 Å². The van der Waals surface area contributed by atoms with E-state index in [2.05, 4.69) is 5.32 Å². The quantitative estimate of drug-likeness (QED) is 0.641. The summed E-state index contributed by atoms with van der Waals surface area (Å²) < 4.78 is 5.28. The molecule has 0 aliphatic rings. The van der Waals surface area contributed by atoms with E-state index >= 15 is 0 Å². The lowest BCUT2D eigenvalue weighted by atomic mass is 10.2. The fourth-order valence-corrected chi connectivity index (χ4v) is 1.96. The molecule has 0 spiro atoms. The lowest BCUT2D eigenvalue weighted by Gasteiger charge is -2.15. The van der Waals surface area contributed by atoms with Gasteiger partial charge >= 0.3 is 0 Å². The van der Waals surface area contributed by atoms with Crippen LogP contribution in [-0.4, -0.2) is 30.4 Å². The second-order valence-corrected chi connectivity index (χ2v) is 5.21. The number of hydrogen-bond acceptors (Lipinski definition) is 5. The molecule has 0 heterocycles. The summed E-state index contributed by atoms with van der Waals surface area (Å²) in [4.78, 5) is 34.7. The van der Waals surface area contributed by atoms with Gasteiger partial charge in [0.2, 0.25) is 5.91 Å². The standard InChI is InChI=1S/C17H17N3O5/c1-12(21)19(2)14-5-3-13(4-6-14)18-17(22)11-25-16-9-7-15(8-10-16)20(23)24/h3-10H,11H2,1-2H3,(H,18,22). The smallest absolute Gasteiger partial charge is 0.269 e. The van der Waals surface area contributed by atoms with Crippen molar-refractivity contribution in [1.29, 1.82) is 0 Å². The lowest BCUT2D eigenvalue weighted by Crippen LogP contribution is -2.23. The first-order chi connectivity index (χ1) is 11.9. The number of amides is 2. The number of nitrogens with one attached hydrogen (secondary N) is 1. The zero-order valence-corrected chi connectivity index (χ0v) is 13.8. The van der Waals surface area contributed by atoms with Crippen LogP contribution < -0.4 is 15.0 Å². The predicted molar refractivity (Wildman–Crippen MR) is 92.7 cm³/mol. The molecule has 0 saturated heterocycles. The Balaban J connectivity index is 1.87. The minimum atomic E-state index is -0.510. The summed E-state index contributed by atoms with van der Waals surface area (Å²) >= 11 is 0. The number of non-ortho nitro benzene ring substituents is 1. The molecule has 8 nitrogen and oxygen atoms in total. The van der Waals surface area contributed by atoms with E-state index in [1.807, 2.05) is 0 Å². The number of nitro benzene ring substituents is 1. The van der Waals surface area contributed by atoms with Crippen LogP contribution in [0, 0.1) is 10.1 Å². The molecule has 0 aliphatic carbocycles. The Labute approximate surface area is 144 Å². The monoisotopic (exact) mass is 343 g/mol. The Morgan fingerprint density at radius 2 is 1.72 bits per heavy atom. The molecular weight excluding hydrogens is 326 g/mol. The van der Waals surface area contributed by atoms with Crippen molar-refractivity contribution in [2.24, 2.45) is 0 Å². The normalized spacial score (nSPS) is 10.0. The number of anilines is 2. The van der Waals surface area contributed by atoms with Crippen LogP contribution >= 0.6 is 0 Å². The van der Waals surface area contributed by atoms with Gasteiger partial charge in [0.05, 0.1) is 4.92 Å². The molecule has 2 amide bonds. The molecule has 2 aromatic rings. The van der Waals surface area contributed by atoms with E-state index < -0.39 is 4.92 Å². The number of nitrogens with zero attached hydrogens (tertiary/aromatic N) is 2. The number of hydrogen-bond donors (Lipinski definition) is 1. The van der Waals surface area contributed by atoms with Crippen molar-refractivity contribution in [3.05, 3.63) is 58.6 Å². The molecule has 0 aromatic heterocycles. The molecule has 0 unspecified atom stereocenters. The third kappa shape index (κ3) is 5.03. The highest BCUT2D eigenvalue weighted by Crippen LogP contribution is 2.18. The summed E-state index contributed by atoms with van der Waals surface area (Å²) in [6.07, 6.45) is 0. The van der Waals surface area contributed by atoms with E-state index in [0.29, 0.717) is 17.1 Å². The fraction of sp³-hybridized carbons (Fsp3) is 0.176. The second-order valence-electron chi connectivity index (χ2n) is 5.21. The molecular formula is C17H17N3O5. The predicted octanol–water partition coefficient (Wildman–Crippen LogP) is 2.60. The molecule has 0 bridgehead atoms. The van der Waals surface area contributed by atoms with Gasteiger partial charge in [0.15, 0.2) is 6.61 Å². The van der Waals surface area contributed by atoms with Crippen LogP contribution in [0.3, 0.4) is 0 Å². The van der Waals surface area contributed by atoms with Gasteiger partial charge < -0.3 is 15.0 Å². The zero-order valence-electron chi connectivity index (χ0n) is 13.8. The third-order valence-corrected chi connectivity index (χ3v) is 3.43. The molecule has 0 atom stereocenters. The van der Waals surface area contributed by atoms with Crippen molar-refractivity contribution in [2.45, 2.75) is 6.92 Å². The topological polar surface area (TPSA) is 102 Å². The SMILES string of the molecule is CC(=O)N(C)c1ccc(NC(=O)COc2ccc([N+](=O)[O-])cc2)cc1. The summed E-state index contributed by atoms with van der Waals surface area (Å²) in [7, 11) is 1.66. The van der Waals surface area contributed by atoms with E-state index in [0.717, 1.165) is 0 Å². The zero-order chi connectivity index (χ0) is 18.4. The van der Waals surface area contributed by atoms with Crippen LogP contribution in [0.1, 0.15) is 6.92 Å². The van der Waals surface area contributed by atoms with E-state index in [1.54, 1.807) is 31.3 Å². The highest BCUT2D eigenvalue weighted by molar-refractivity contribution is 5.93. The average Bonchev–Trinajstić information content (AvgIpc) is 2.60. The first-order valence-corrected chi connectivity index (χ1v) is 7.38. The molecule has 0 aliphatic heterocycles. The Hall–Kier alpha value is -3.42. The molecule has 1 N–H and O–H groups in total. The van der Waals surface area contributed by atoms with Gasteiger partial charge in [-0.25, -0.2) is 0 Å². The maximum absolute atomic E-state index is 11.9. The fourth-order valence-electron chi connectivity index (χ4n) is 1.96. The molecule has 2 rings (SSSR count). The minimum Gasteiger partial charge on any atom is -0.484 e. The van der Waals surface area contributed by atoms with Crippen LogP contribution in [0.25, 0.3) is 0 Å². The Bertz CT molecular complexity index is 772. The number of nitro groups is 1. The van der Waals surface area contributed by atoms with Crippen molar-refractivity contribution in [2.75, 3.05) is 23.9 Å². The Morgan fingerprint density at radius 1 is 1.12 bits per heavy atom. The molecule has 2 aromatic carbocycles. The van der Waals surface area contributed by atoms with Gasteiger partial charge in [-0.15, -0.1) is 0 Å². The summed E-state index contributed by atoms with van der Waals surface area (Å²) in [6, 6.07) is 12.3. The lowest BCUT2D eigenvalue weighted by molar-refractivity contribution is -0.384. The van der Waals surface area contributed by atoms with Gasteiger partial charge in [-0.2, -0.15) is 0 Å². The van der Waals surface area contributed by atoms with Crippen molar-refractivity contribution in [3.63, 3.8) is 0 Å². The molecule has 25 heavy (non-hydrogen) atoms. The van der Waals surface area contributed by atoms with E-state index in [-0.39, 0.29) is 24.1 Å². The van der Waals surface area contributed by atoms with Gasteiger partial charge in [0.1, 0.15) is 5.75 Å². The maximum atomic E-state index is 11.9. The minimum absolute atomic E-state index is 0.0487. The van der Waals surface area contributed by atoms with Gasteiger partial charge in [-0.1, -0.05) is 0 Å². The first kappa shape index (κ1) is 17.9. The van der Waals surface area contributed by atoms with E-state index in [1.165, 1.54) is 36.1 Å². The van der Waals surface area contributed by atoms with Crippen molar-refractivity contribution < 1.29 is 19.2 Å². The summed E-state index contributed by atoms with van der Waals surface area (Å²) in [6.45, 7) is 1.23. The first-order valence-electron chi connectivity index (χ1n) is 7.38. The van der Waals surface area contributed by atoms with Crippen molar-refractivity contribution in [1.82, 2.24) is 0 Å². The van der Waals surface area contributed by atoms with Gasteiger partial charge in [0.25, 0.3) is 11.6 Å². The molecule has 0 fully saturated rings. The maximum Gasteiger partial charge on any atom is 0.269 e. The van der Waals surface area contributed by atoms with Crippen LogP contribution in [0.5, 0.6) is 5.75 Å². The summed E-state index contributed by atoms with van der Waals surface area (Å²) in [5.41, 5.74) is 1.23. The number of benzene rings is 2. The van der Waals surface area contributed by atoms with E-state index in [9.17, 15) is 19.7 Å². The average molecular weight is 343 g/mol. The number of carbonyl (C=O) groups is 2. The van der Waals surface area contributed by atoms with Crippen molar-refractivity contribution >= 4 is 28.9 Å². The molecule has 0 saturated carbocycles. The molecule has 130 valence electrons. The van der Waals surface area contributed by atoms with E-state index in [4.69, 9.17) is 4.74 Å². The van der Waals surface area contributed by atoms with Crippen molar-refractivity contribution in [3.8, 4) is 5.75 Å². The highest BCUT2D eigenvalue weighted by Gasteiger charge is 2.08. The largest absolute Gasteiger partial charge is 0.484 e. The van der Waals surface area contributed by atoms with Crippen LogP contribution in [0.15, 0.2) is 48.5 Å². The van der Waals surface area contributed by atoms with Crippen LogP contribution in [0.4, 0.5) is 17.1 Å². The Kier molecular flexibility index (Phi) is 5.67. The number of rotatable bonds is 6. The number of carbonyl (C=O) groups excluding carboxylic acids is 2. The molecule has 8 heteroatoms. The highest BCUT2D eigenvalue weighted by atomic mass is 16.6.